The Kier molecular flexibility index (Phi) is 5.31. The summed E-state index contributed by atoms with van der Waals surface area (Å²) in [6, 6.07) is 8.62. The highest BCUT2D eigenvalue weighted by Gasteiger charge is 2.38. The number of carbonyl (C=O) groups is 3. The van der Waals surface area contributed by atoms with Crippen LogP contribution in [0.4, 0.5) is 4.79 Å². The summed E-state index contributed by atoms with van der Waals surface area (Å²) in [4.78, 5) is 35.2. The lowest BCUT2D eigenvalue weighted by molar-refractivity contribution is -0.139. The van der Waals surface area contributed by atoms with E-state index in [0.717, 1.165) is 11.8 Å². The fourth-order valence-electron chi connectivity index (χ4n) is 2.10. The third-order valence-corrected chi connectivity index (χ3v) is 3.23. The molecule has 0 saturated carbocycles. The van der Waals surface area contributed by atoms with Crippen molar-refractivity contribution in [1.29, 1.82) is 0 Å². The van der Waals surface area contributed by atoms with Gasteiger partial charge in [-0.2, -0.15) is 0 Å². The highest BCUT2D eigenvalue weighted by atomic mass is 16.6. The molecule has 1 fully saturated rings. The molecule has 0 radical (unpaired) electrons. The fourth-order valence-corrected chi connectivity index (χ4v) is 2.10. The maximum absolute atomic E-state index is 12.0. The van der Waals surface area contributed by atoms with Crippen LogP contribution in [-0.4, -0.2) is 36.0 Å². The zero-order chi connectivity index (χ0) is 15.1. The predicted octanol–water partition coefficient (Wildman–Crippen LogP) is 1.88. The van der Waals surface area contributed by atoms with E-state index in [0.29, 0.717) is 19.3 Å². The van der Waals surface area contributed by atoms with Crippen LogP contribution in [0.25, 0.3) is 0 Å². The number of hydrogen-bond donors (Lipinski definition) is 0. The van der Waals surface area contributed by atoms with Gasteiger partial charge in [0.05, 0.1) is 0 Å². The van der Waals surface area contributed by atoms with Gasteiger partial charge >= 0.3 is 12.1 Å². The van der Waals surface area contributed by atoms with E-state index in [2.05, 4.69) is 0 Å². The maximum atomic E-state index is 12.0. The summed E-state index contributed by atoms with van der Waals surface area (Å²) in [5, 5.41) is 0. The molecule has 0 bridgehead atoms. The zero-order valence-electron chi connectivity index (χ0n) is 11.6. The molecule has 1 aliphatic rings. The number of benzene rings is 1. The molecule has 1 heterocycles. The van der Waals surface area contributed by atoms with Crippen LogP contribution in [-0.2, 0) is 25.7 Å². The van der Waals surface area contributed by atoms with Crippen LogP contribution in [0.1, 0.15) is 24.8 Å². The van der Waals surface area contributed by atoms with Gasteiger partial charge < -0.3 is 14.3 Å². The number of amides is 1. The first kappa shape index (κ1) is 15.0. The molecule has 1 aromatic rings. The van der Waals surface area contributed by atoms with Crippen LogP contribution in [0, 0.1) is 0 Å². The molecule has 1 aromatic carbocycles. The number of esters is 1. The fraction of sp³-hybridized carbons (Fsp3) is 0.400. The molecule has 6 nitrogen and oxygen atoms in total. The van der Waals surface area contributed by atoms with Gasteiger partial charge in [-0.1, -0.05) is 30.3 Å². The lowest BCUT2D eigenvalue weighted by Crippen LogP contribution is -2.38. The van der Waals surface area contributed by atoms with Crippen LogP contribution in [0.2, 0.25) is 0 Å². The Bertz CT molecular complexity index is 502. The number of rotatable bonds is 6. The average molecular weight is 291 g/mol. The SMILES string of the molecule is O=CCCC[C@H]1C(=O)OCN1C(=O)OCc1ccccc1. The number of ether oxygens (including phenoxy) is 2. The monoisotopic (exact) mass is 291 g/mol. The van der Waals surface area contributed by atoms with Crippen molar-refractivity contribution in [2.24, 2.45) is 0 Å². The second-order valence-corrected chi connectivity index (χ2v) is 4.72. The predicted molar refractivity (Wildman–Crippen MR) is 73.1 cm³/mol. The molecule has 0 spiro atoms. The van der Waals surface area contributed by atoms with Gasteiger partial charge in [0.15, 0.2) is 6.73 Å². The van der Waals surface area contributed by atoms with Crippen molar-refractivity contribution in [1.82, 2.24) is 4.90 Å². The molecule has 21 heavy (non-hydrogen) atoms. The van der Waals surface area contributed by atoms with Crippen LogP contribution in [0.3, 0.4) is 0 Å². The normalized spacial score (nSPS) is 17.4. The number of hydrogen-bond acceptors (Lipinski definition) is 5. The lowest BCUT2D eigenvalue weighted by Gasteiger charge is -2.19. The van der Waals surface area contributed by atoms with Gasteiger partial charge in [-0.25, -0.2) is 9.59 Å². The van der Waals surface area contributed by atoms with Crippen molar-refractivity contribution >= 4 is 18.3 Å². The largest absolute Gasteiger partial charge is 0.444 e. The lowest BCUT2D eigenvalue weighted by atomic mass is 10.1. The van der Waals surface area contributed by atoms with E-state index in [1.807, 2.05) is 30.3 Å². The Labute approximate surface area is 122 Å². The summed E-state index contributed by atoms with van der Waals surface area (Å²) in [6.45, 7) is 0.0453. The average Bonchev–Trinajstić information content (AvgIpc) is 2.87. The number of unbranched alkanes of at least 4 members (excludes halogenated alkanes) is 1. The van der Waals surface area contributed by atoms with Crippen molar-refractivity contribution in [2.75, 3.05) is 6.73 Å². The molecular weight excluding hydrogens is 274 g/mol. The van der Waals surface area contributed by atoms with E-state index in [1.54, 1.807) is 0 Å². The summed E-state index contributed by atoms with van der Waals surface area (Å²) in [5.41, 5.74) is 0.870. The van der Waals surface area contributed by atoms with E-state index in [9.17, 15) is 14.4 Å². The highest BCUT2D eigenvalue weighted by Crippen LogP contribution is 2.18. The Hall–Kier alpha value is -2.37. The smallest absolute Gasteiger partial charge is 0.413 e. The first-order valence-corrected chi connectivity index (χ1v) is 6.80. The molecule has 0 aliphatic carbocycles. The van der Waals surface area contributed by atoms with Crippen molar-refractivity contribution in [3.05, 3.63) is 35.9 Å². The molecule has 6 heteroatoms. The first-order chi connectivity index (χ1) is 10.2. The molecule has 0 N–H and O–H groups in total. The van der Waals surface area contributed by atoms with Crippen molar-refractivity contribution < 1.29 is 23.9 Å². The molecule has 112 valence electrons. The highest BCUT2D eigenvalue weighted by molar-refractivity contribution is 5.83. The van der Waals surface area contributed by atoms with Crippen LogP contribution < -0.4 is 0 Å². The Morgan fingerprint density at radius 3 is 2.86 bits per heavy atom. The van der Waals surface area contributed by atoms with Gasteiger partial charge in [0.1, 0.15) is 18.9 Å². The molecule has 1 amide bonds. The van der Waals surface area contributed by atoms with Gasteiger partial charge in [-0.3, -0.25) is 4.90 Å². The molecule has 0 aromatic heterocycles. The summed E-state index contributed by atoms with van der Waals surface area (Å²) in [6.07, 6.45) is 1.50. The number of carbonyl (C=O) groups excluding carboxylic acids is 3. The van der Waals surface area contributed by atoms with Gasteiger partial charge in [-0.15, -0.1) is 0 Å². The molecule has 0 unspecified atom stereocenters. The summed E-state index contributed by atoms with van der Waals surface area (Å²) in [5.74, 6) is -0.447. The first-order valence-electron chi connectivity index (χ1n) is 6.80. The van der Waals surface area contributed by atoms with E-state index in [4.69, 9.17) is 9.47 Å². The maximum Gasteiger partial charge on any atom is 0.413 e. The summed E-state index contributed by atoms with van der Waals surface area (Å²) >= 11 is 0. The standard InChI is InChI=1S/C15H17NO5/c17-9-5-4-8-13-14(18)21-11-16(13)15(19)20-10-12-6-2-1-3-7-12/h1-3,6-7,9,13H,4-5,8,10-11H2/t13-/m0/s1. The van der Waals surface area contributed by atoms with Crippen molar-refractivity contribution in [3.8, 4) is 0 Å². The van der Waals surface area contributed by atoms with E-state index >= 15 is 0 Å². The second-order valence-electron chi connectivity index (χ2n) is 4.72. The molecule has 2 rings (SSSR count). The Morgan fingerprint density at radius 1 is 1.38 bits per heavy atom. The van der Waals surface area contributed by atoms with Crippen LogP contribution >= 0.6 is 0 Å². The van der Waals surface area contributed by atoms with Crippen molar-refractivity contribution in [3.63, 3.8) is 0 Å². The van der Waals surface area contributed by atoms with Gasteiger partial charge in [0, 0.05) is 6.42 Å². The quantitative estimate of drug-likeness (QED) is 0.454. The minimum atomic E-state index is -0.659. The third kappa shape index (κ3) is 4.05. The number of nitrogens with zero attached hydrogens (tertiary/aromatic N) is 1. The van der Waals surface area contributed by atoms with Crippen LogP contribution in [0.15, 0.2) is 30.3 Å². The van der Waals surface area contributed by atoms with E-state index in [-0.39, 0.29) is 13.3 Å². The Morgan fingerprint density at radius 2 is 2.14 bits per heavy atom. The van der Waals surface area contributed by atoms with Crippen LogP contribution in [0.5, 0.6) is 0 Å². The summed E-state index contributed by atoms with van der Waals surface area (Å²) < 4.78 is 10.1. The third-order valence-electron chi connectivity index (χ3n) is 3.23. The molecular formula is C15H17NO5. The molecule has 1 atom stereocenters. The topological polar surface area (TPSA) is 72.9 Å². The number of cyclic esters (lactones) is 1. The minimum absolute atomic E-state index is 0.0990. The zero-order valence-corrected chi connectivity index (χ0v) is 11.6. The Balaban J connectivity index is 1.87. The second kappa shape index (κ2) is 7.42. The van der Waals surface area contributed by atoms with Gasteiger partial charge in [-0.05, 0) is 18.4 Å². The molecule has 1 aliphatic heterocycles. The summed E-state index contributed by atoms with van der Waals surface area (Å²) in [7, 11) is 0. The van der Waals surface area contributed by atoms with Gasteiger partial charge in [0.2, 0.25) is 0 Å². The van der Waals surface area contributed by atoms with E-state index in [1.165, 1.54) is 4.90 Å². The van der Waals surface area contributed by atoms with Crippen molar-refractivity contribution in [2.45, 2.75) is 31.9 Å². The molecule has 1 saturated heterocycles. The van der Waals surface area contributed by atoms with Gasteiger partial charge in [0.25, 0.3) is 0 Å². The number of aldehydes is 1. The minimum Gasteiger partial charge on any atom is -0.444 e. The van der Waals surface area contributed by atoms with E-state index < -0.39 is 18.1 Å².